The van der Waals surface area contributed by atoms with Crippen LogP contribution in [0.2, 0.25) is 0 Å². The first kappa shape index (κ1) is 14.3. The van der Waals surface area contributed by atoms with Crippen molar-refractivity contribution < 1.29 is 9.59 Å². The van der Waals surface area contributed by atoms with E-state index < -0.39 is 11.8 Å². The van der Waals surface area contributed by atoms with Crippen LogP contribution < -0.4 is 10.2 Å². The number of rotatable bonds is 2. The number of nitrogens with zero attached hydrogens (tertiary/aromatic N) is 1. The van der Waals surface area contributed by atoms with Crippen molar-refractivity contribution in [1.82, 2.24) is 0 Å². The van der Waals surface area contributed by atoms with Gasteiger partial charge in [0.25, 0.3) is 0 Å². The van der Waals surface area contributed by atoms with Gasteiger partial charge in [0.05, 0.1) is 0 Å². The van der Waals surface area contributed by atoms with Gasteiger partial charge in [0.1, 0.15) is 0 Å². The summed E-state index contributed by atoms with van der Waals surface area (Å²) in [5.41, 5.74) is 3.78. The molecule has 0 saturated heterocycles. The van der Waals surface area contributed by atoms with E-state index in [4.69, 9.17) is 0 Å². The predicted octanol–water partition coefficient (Wildman–Crippen LogP) is 2.78. The summed E-state index contributed by atoms with van der Waals surface area (Å²) in [6.45, 7) is 2.63. The van der Waals surface area contributed by atoms with Gasteiger partial charge in [-0.2, -0.15) is 0 Å². The third-order valence-corrected chi connectivity index (χ3v) is 3.95. The summed E-state index contributed by atoms with van der Waals surface area (Å²) >= 11 is 0. The lowest BCUT2D eigenvalue weighted by Crippen LogP contribution is -2.38. The van der Waals surface area contributed by atoms with Crippen molar-refractivity contribution in [3.8, 4) is 0 Å². The SMILES string of the molecule is CCc1ccc(NC(=O)C(=O)N2CCc3ccccc32)cc1. The number of carbonyl (C=O) groups is 2. The van der Waals surface area contributed by atoms with Crippen LogP contribution in [0.3, 0.4) is 0 Å². The molecule has 0 bridgehead atoms. The van der Waals surface area contributed by atoms with Gasteiger partial charge < -0.3 is 10.2 Å². The van der Waals surface area contributed by atoms with Crippen molar-refractivity contribution in [2.24, 2.45) is 0 Å². The van der Waals surface area contributed by atoms with Crippen molar-refractivity contribution in [3.05, 3.63) is 59.7 Å². The summed E-state index contributed by atoms with van der Waals surface area (Å²) in [4.78, 5) is 26.1. The fourth-order valence-corrected chi connectivity index (χ4v) is 2.68. The Kier molecular flexibility index (Phi) is 3.92. The molecule has 0 saturated carbocycles. The van der Waals surface area contributed by atoms with Gasteiger partial charge in [-0.05, 0) is 42.2 Å². The van der Waals surface area contributed by atoms with E-state index in [0.29, 0.717) is 12.2 Å². The first-order valence-electron chi connectivity index (χ1n) is 7.48. The lowest BCUT2D eigenvalue weighted by Gasteiger charge is -2.16. The molecule has 2 aromatic carbocycles. The molecule has 0 spiro atoms. The summed E-state index contributed by atoms with van der Waals surface area (Å²) in [6.07, 6.45) is 1.73. The van der Waals surface area contributed by atoms with Gasteiger partial charge in [0.2, 0.25) is 0 Å². The summed E-state index contributed by atoms with van der Waals surface area (Å²) in [7, 11) is 0. The standard InChI is InChI=1S/C18H18N2O2/c1-2-13-7-9-15(10-8-13)19-17(21)18(22)20-12-11-14-5-3-4-6-16(14)20/h3-10H,2,11-12H2,1H3,(H,19,21). The largest absolute Gasteiger partial charge is 0.318 e. The van der Waals surface area contributed by atoms with Gasteiger partial charge >= 0.3 is 11.8 Å². The highest BCUT2D eigenvalue weighted by Gasteiger charge is 2.28. The van der Waals surface area contributed by atoms with Crippen molar-refractivity contribution >= 4 is 23.2 Å². The van der Waals surface area contributed by atoms with Gasteiger partial charge in [0.15, 0.2) is 0 Å². The maximum absolute atomic E-state index is 12.3. The molecule has 112 valence electrons. The normalized spacial score (nSPS) is 12.9. The van der Waals surface area contributed by atoms with Crippen LogP contribution in [-0.4, -0.2) is 18.4 Å². The van der Waals surface area contributed by atoms with Crippen LogP contribution in [0.15, 0.2) is 48.5 Å². The van der Waals surface area contributed by atoms with Gasteiger partial charge in [-0.15, -0.1) is 0 Å². The number of benzene rings is 2. The van der Waals surface area contributed by atoms with Crippen LogP contribution in [0.1, 0.15) is 18.1 Å². The zero-order chi connectivity index (χ0) is 15.5. The van der Waals surface area contributed by atoms with Crippen LogP contribution in [0, 0.1) is 0 Å². The predicted molar refractivity (Wildman–Crippen MR) is 86.9 cm³/mol. The zero-order valence-corrected chi connectivity index (χ0v) is 12.5. The summed E-state index contributed by atoms with van der Waals surface area (Å²) in [6, 6.07) is 15.2. The Labute approximate surface area is 129 Å². The van der Waals surface area contributed by atoms with E-state index in [1.807, 2.05) is 48.5 Å². The molecule has 3 rings (SSSR count). The van der Waals surface area contributed by atoms with Crippen LogP contribution >= 0.6 is 0 Å². The van der Waals surface area contributed by atoms with Gasteiger partial charge in [-0.1, -0.05) is 37.3 Å². The Morgan fingerprint density at radius 3 is 2.55 bits per heavy atom. The first-order valence-corrected chi connectivity index (χ1v) is 7.48. The minimum atomic E-state index is -0.596. The Morgan fingerprint density at radius 2 is 1.82 bits per heavy atom. The molecule has 2 aromatic rings. The fraction of sp³-hybridized carbons (Fsp3) is 0.222. The lowest BCUT2D eigenvalue weighted by atomic mass is 10.1. The van der Waals surface area contributed by atoms with Crippen LogP contribution in [0.4, 0.5) is 11.4 Å². The van der Waals surface area contributed by atoms with E-state index in [0.717, 1.165) is 24.1 Å². The Bertz CT molecular complexity index is 707. The smallest absolute Gasteiger partial charge is 0.316 e. The number of hydrogen-bond donors (Lipinski definition) is 1. The number of para-hydroxylation sites is 1. The number of aryl methyl sites for hydroxylation is 1. The van der Waals surface area contributed by atoms with Crippen molar-refractivity contribution in [1.29, 1.82) is 0 Å². The molecule has 4 nitrogen and oxygen atoms in total. The van der Waals surface area contributed by atoms with Gasteiger partial charge in [0, 0.05) is 17.9 Å². The molecule has 0 radical (unpaired) electrons. The Hall–Kier alpha value is -2.62. The average Bonchev–Trinajstić information content (AvgIpc) is 2.99. The molecule has 22 heavy (non-hydrogen) atoms. The molecular formula is C18H18N2O2. The molecular weight excluding hydrogens is 276 g/mol. The molecule has 2 amide bonds. The second-order valence-corrected chi connectivity index (χ2v) is 5.34. The third-order valence-electron chi connectivity index (χ3n) is 3.95. The van der Waals surface area contributed by atoms with Crippen molar-refractivity contribution in [2.75, 3.05) is 16.8 Å². The number of fused-ring (bicyclic) bond motifs is 1. The fourth-order valence-electron chi connectivity index (χ4n) is 2.68. The zero-order valence-electron chi connectivity index (χ0n) is 12.5. The lowest BCUT2D eigenvalue weighted by molar-refractivity contribution is -0.134. The topological polar surface area (TPSA) is 49.4 Å². The van der Waals surface area contributed by atoms with E-state index in [2.05, 4.69) is 12.2 Å². The summed E-state index contributed by atoms with van der Waals surface area (Å²) in [5, 5.41) is 2.67. The van der Waals surface area contributed by atoms with E-state index in [-0.39, 0.29) is 0 Å². The van der Waals surface area contributed by atoms with Gasteiger partial charge in [-0.3, -0.25) is 9.59 Å². The molecule has 0 aliphatic carbocycles. The molecule has 0 aromatic heterocycles. The van der Waals surface area contributed by atoms with Crippen molar-refractivity contribution in [2.45, 2.75) is 19.8 Å². The molecule has 0 unspecified atom stereocenters. The summed E-state index contributed by atoms with van der Waals surface area (Å²) in [5.74, 6) is -1.11. The van der Waals surface area contributed by atoms with E-state index in [9.17, 15) is 9.59 Å². The monoisotopic (exact) mass is 294 g/mol. The maximum atomic E-state index is 12.3. The molecule has 1 heterocycles. The van der Waals surface area contributed by atoms with Gasteiger partial charge in [-0.25, -0.2) is 0 Å². The molecule has 0 atom stereocenters. The highest BCUT2D eigenvalue weighted by molar-refractivity contribution is 6.44. The van der Waals surface area contributed by atoms with E-state index >= 15 is 0 Å². The molecule has 4 heteroatoms. The maximum Gasteiger partial charge on any atom is 0.316 e. The van der Waals surface area contributed by atoms with Crippen LogP contribution in [0.25, 0.3) is 0 Å². The average molecular weight is 294 g/mol. The Balaban J connectivity index is 1.71. The third kappa shape index (κ3) is 2.72. The quantitative estimate of drug-likeness (QED) is 0.866. The Morgan fingerprint density at radius 1 is 1.09 bits per heavy atom. The highest BCUT2D eigenvalue weighted by Crippen LogP contribution is 2.27. The second kappa shape index (κ2) is 6.02. The van der Waals surface area contributed by atoms with Crippen LogP contribution in [0.5, 0.6) is 0 Å². The molecule has 1 aliphatic rings. The first-order chi connectivity index (χ1) is 10.7. The van der Waals surface area contributed by atoms with Crippen LogP contribution in [-0.2, 0) is 22.4 Å². The number of amides is 2. The number of hydrogen-bond acceptors (Lipinski definition) is 2. The van der Waals surface area contributed by atoms with E-state index in [1.54, 1.807) is 4.90 Å². The minimum absolute atomic E-state index is 0.510. The molecule has 1 aliphatic heterocycles. The minimum Gasteiger partial charge on any atom is -0.318 e. The number of anilines is 2. The van der Waals surface area contributed by atoms with Crippen molar-refractivity contribution in [3.63, 3.8) is 0 Å². The molecule has 1 N–H and O–H groups in total. The van der Waals surface area contributed by atoms with E-state index in [1.165, 1.54) is 5.56 Å². The second-order valence-electron chi connectivity index (χ2n) is 5.34. The highest BCUT2D eigenvalue weighted by atomic mass is 16.2. The number of carbonyl (C=O) groups excluding carboxylic acids is 2. The molecule has 0 fully saturated rings. The number of nitrogens with one attached hydrogen (secondary N) is 1. The summed E-state index contributed by atoms with van der Waals surface area (Å²) < 4.78 is 0.